The van der Waals surface area contributed by atoms with Gasteiger partial charge in [-0.2, -0.15) is 0 Å². The predicted molar refractivity (Wildman–Crippen MR) is 119 cm³/mol. The molecule has 1 aromatic carbocycles. The van der Waals surface area contributed by atoms with Gasteiger partial charge in [0.15, 0.2) is 0 Å². The van der Waals surface area contributed by atoms with Crippen LogP contribution in [0.4, 0.5) is 0 Å². The van der Waals surface area contributed by atoms with Crippen molar-refractivity contribution in [2.75, 3.05) is 45.9 Å². The lowest BCUT2D eigenvalue weighted by molar-refractivity contribution is -0.137. The molecule has 2 aliphatic rings. The minimum absolute atomic E-state index is 0.143. The summed E-state index contributed by atoms with van der Waals surface area (Å²) >= 11 is 0. The van der Waals surface area contributed by atoms with Crippen LogP contribution in [-0.4, -0.2) is 78.5 Å². The summed E-state index contributed by atoms with van der Waals surface area (Å²) in [5, 5.41) is 0. The first-order valence-corrected chi connectivity index (χ1v) is 11.1. The first-order chi connectivity index (χ1) is 14.3. The number of ether oxygens (including phenoxy) is 1. The molecular weight excluding hydrogens is 378 g/mol. The second-order valence-corrected chi connectivity index (χ2v) is 8.48. The van der Waals surface area contributed by atoms with Crippen LogP contribution in [0.25, 0.3) is 5.57 Å². The summed E-state index contributed by atoms with van der Waals surface area (Å²) in [7, 11) is 0. The molecule has 2 heterocycles. The molecule has 30 heavy (non-hydrogen) atoms. The lowest BCUT2D eigenvalue weighted by atomic mass is 9.99. The molecule has 0 radical (unpaired) electrons. The molecule has 6 heteroatoms. The zero-order valence-electron chi connectivity index (χ0n) is 19.0. The Labute approximate surface area is 180 Å². The zero-order chi connectivity index (χ0) is 21.8. The molecule has 164 valence electrons. The summed E-state index contributed by atoms with van der Waals surface area (Å²) in [6.07, 6.45) is 0.789. The molecule has 0 N–H and O–H groups in total. The molecule has 1 fully saturated rings. The quantitative estimate of drug-likeness (QED) is 0.485. The van der Waals surface area contributed by atoms with Crippen molar-refractivity contribution in [2.24, 2.45) is 0 Å². The van der Waals surface area contributed by atoms with E-state index in [1.165, 1.54) is 10.5 Å². The minimum atomic E-state index is -0.180. The second-order valence-electron chi connectivity index (χ2n) is 8.48. The van der Waals surface area contributed by atoms with E-state index in [0.29, 0.717) is 30.8 Å². The smallest absolute Gasteiger partial charge is 0.277 e. The van der Waals surface area contributed by atoms with Crippen LogP contribution in [0.2, 0.25) is 0 Å². The van der Waals surface area contributed by atoms with Gasteiger partial charge in [-0.3, -0.25) is 14.5 Å². The van der Waals surface area contributed by atoms with Gasteiger partial charge in [-0.05, 0) is 57.4 Å². The number of imide groups is 1. The van der Waals surface area contributed by atoms with Gasteiger partial charge in [0.1, 0.15) is 5.70 Å². The molecule has 0 aliphatic carbocycles. The van der Waals surface area contributed by atoms with Gasteiger partial charge in [-0.25, -0.2) is 0 Å². The van der Waals surface area contributed by atoms with Gasteiger partial charge in [0.2, 0.25) is 0 Å². The van der Waals surface area contributed by atoms with E-state index in [1.807, 2.05) is 39.0 Å². The number of aryl methyl sites for hydroxylation is 2. The van der Waals surface area contributed by atoms with Crippen LogP contribution in [0.3, 0.4) is 0 Å². The summed E-state index contributed by atoms with van der Waals surface area (Å²) in [4.78, 5) is 32.7. The number of amides is 2. The molecule has 0 bridgehead atoms. The van der Waals surface area contributed by atoms with Gasteiger partial charge in [0, 0.05) is 39.3 Å². The highest BCUT2D eigenvalue weighted by atomic mass is 16.5. The fraction of sp³-hybridized carbons (Fsp3) is 0.583. The SMILES string of the molecule is CCN1CCN(C2=C(c3ccc(C)c(C)c3)C(=O)N(CCCOC(C)C)C2=O)CC1. The van der Waals surface area contributed by atoms with Crippen molar-refractivity contribution < 1.29 is 14.3 Å². The maximum absolute atomic E-state index is 13.4. The maximum atomic E-state index is 13.4. The van der Waals surface area contributed by atoms with Gasteiger partial charge in [0.25, 0.3) is 11.8 Å². The number of hydrogen-bond donors (Lipinski definition) is 0. The van der Waals surface area contributed by atoms with Crippen molar-refractivity contribution >= 4 is 17.4 Å². The number of likely N-dealkylation sites (N-methyl/N-ethyl adjacent to an activating group) is 1. The molecule has 6 nitrogen and oxygen atoms in total. The second kappa shape index (κ2) is 9.75. The highest BCUT2D eigenvalue weighted by molar-refractivity contribution is 6.35. The normalized spacial score (nSPS) is 18.3. The first kappa shape index (κ1) is 22.5. The zero-order valence-corrected chi connectivity index (χ0v) is 19.0. The molecule has 0 unspecified atom stereocenters. The Kier molecular flexibility index (Phi) is 7.32. The van der Waals surface area contributed by atoms with E-state index >= 15 is 0 Å². The Morgan fingerprint density at radius 1 is 1.00 bits per heavy atom. The van der Waals surface area contributed by atoms with E-state index in [1.54, 1.807) is 0 Å². The number of rotatable bonds is 8. The van der Waals surface area contributed by atoms with Crippen molar-refractivity contribution in [2.45, 2.75) is 47.1 Å². The van der Waals surface area contributed by atoms with Gasteiger partial charge >= 0.3 is 0 Å². The molecular formula is C24H35N3O3. The van der Waals surface area contributed by atoms with Gasteiger partial charge in [0.05, 0.1) is 11.7 Å². The molecule has 0 saturated carbocycles. The molecule has 0 atom stereocenters. The number of piperazine rings is 1. The number of benzene rings is 1. The van der Waals surface area contributed by atoms with Crippen LogP contribution in [0.1, 0.15) is 43.9 Å². The molecule has 2 amide bonds. The average Bonchev–Trinajstić information content (AvgIpc) is 2.97. The van der Waals surface area contributed by atoms with Crippen LogP contribution < -0.4 is 0 Å². The van der Waals surface area contributed by atoms with Crippen LogP contribution in [-0.2, 0) is 14.3 Å². The van der Waals surface area contributed by atoms with Crippen molar-refractivity contribution in [1.82, 2.24) is 14.7 Å². The van der Waals surface area contributed by atoms with E-state index in [0.717, 1.165) is 43.9 Å². The third kappa shape index (κ3) is 4.76. The molecule has 3 rings (SSSR count). The number of carbonyl (C=O) groups excluding carboxylic acids is 2. The van der Waals surface area contributed by atoms with E-state index in [9.17, 15) is 9.59 Å². The first-order valence-electron chi connectivity index (χ1n) is 11.1. The predicted octanol–water partition coefficient (Wildman–Crippen LogP) is 2.84. The summed E-state index contributed by atoms with van der Waals surface area (Å²) in [5.74, 6) is -0.344. The van der Waals surface area contributed by atoms with Gasteiger partial charge < -0.3 is 14.5 Å². The molecule has 1 saturated heterocycles. The molecule has 0 aromatic heterocycles. The average molecular weight is 414 g/mol. The van der Waals surface area contributed by atoms with Crippen molar-refractivity contribution in [3.63, 3.8) is 0 Å². The fourth-order valence-electron chi connectivity index (χ4n) is 4.05. The van der Waals surface area contributed by atoms with Crippen molar-refractivity contribution in [1.29, 1.82) is 0 Å². The van der Waals surface area contributed by atoms with Gasteiger partial charge in [-0.1, -0.05) is 25.1 Å². The maximum Gasteiger partial charge on any atom is 0.277 e. The lowest BCUT2D eigenvalue weighted by Gasteiger charge is -2.36. The highest BCUT2D eigenvalue weighted by Crippen LogP contribution is 2.33. The summed E-state index contributed by atoms with van der Waals surface area (Å²) in [6, 6.07) is 6.03. The molecule has 2 aliphatic heterocycles. The van der Waals surface area contributed by atoms with Crippen molar-refractivity contribution in [3.05, 3.63) is 40.6 Å². The fourth-order valence-corrected chi connectivity index (χ4v) is 4.05. The number of carbonyl (C=O) groups is 2. The third-order valence-electron chi connectivity index (χ3n) is 6.05. The number of nitrogens with zero attached hydrogens (tertiary/aromatic N) is 3. The van der Waals surface area contributed by atoms with Crippen LogP contribution in [0.5, 0.6) is 0 Å². The monoisotopic (exact) mass is 413 g/mol. The van der Waals surface area contributed by atoms with E-state index < -0.39 is 0 Å². The Balaban J connectivity index is 1.89. The minimum Gasteiger partial charge on any atom is -0.379 e. The summed E-state index contributed by atoms with van der Waals surface area (Å²) in [6.45, 7) is 15.5. The highest BCUT2D eigenvalue weighted by Gasteiger charge is 2.41. The van der Waals surface area contributed by atoms with Crippen molar-refractivity contribution in [3.8, 4) is 0 Å². The van der Waals surface area contributed by atoms with E-state index in [-0.39, 0.29) is 17.9 Å². The van der Waals surface area contributed by atoms with E-state index in [2.05, 4.69) is 23.6 Å². The van der Waals surface area contributed by atoms with E-state index in [4.69, 9.17) is 4.74 Å². The topological polar surface area (TPSA) is 53.1 Å². The van der Waals surface area contributed by atoms with Crippen LogP contribution in [0, 0.1) is 13.8 Å². The van der Waals surface area contributed by atoms with Gasteiger partial charge in [-0.15, -0.1) is 0 Å². The third-order valence-corrected chi connectivity index (χ3v) is 6.05. The molecule has 1 aromatic rings. The Hall–Kier alpha value is -2.18. The van der Waals surface area contributed by atoms with Crippen LogP contribution >= 0.6 is 0 Å². The largest absolute Gasteiger partial charge is 0.379 e. The summed E-state index contributed by atoms with van der Waals surface area (Å²) in [5.41, 5.74) is 4.27. The molecule has 0 spiro atoms. The Bertz CT molecular complexity index is 823. The number of hydrogen-bond acceptors (Lipinski definition) is 5. The lowest BCUT2D eigenvalue weighted by Crippen LogP contribution is -2.47. The Morgan fingerprint density at radius 2 is 1.70 bits per heavy atom. The summed E-state index contributed by atoms with van der Waals surface area (Å²) < 4.78 is 5.60. The Morgan fingerprint density at radius 3 is 2.30 bits per heavy atom. The standard InChI is InChI=1S/C24H35N3O3/c1-6-25-11-13-26(14-12-25)22-21(20-9-8-18(4)19(5)16-20)23(28)27(24(22)29)10-7-15-30-17(2)3/h8-9,16-17H,6-7,10-15H2,1-5H3. The van der Waals surface area contributed by atoms with Crippen LogP contribution in [0.15, 0.2) is 23.9 Å².